The molecule has 0 heterocycles. The van der Waals surface area contributed by atoms with Gasteiger partial charge in [-0.15, -0.1) is 0 Å². The lowest BCUT2D eigenvalue weighted by atomic mass is 9.79. The van der Waals surface area contributed by atoms with Crippen molar-refractivity contribution >= 4 is 5.69 Å². The van der Waals surface area contributed by atoms with Crippen LogP contribution in [0.25, 0.3) is 0 Å². The number of fused-ring (bicyclic) bond motifs is 1. The number of likely N-dealkylation sites (N-methyl/N-ethyl adjacent to an activating group) is 1. The highest BCUT2D eigenvalue weighted by Gasteiger charge is 2.25. The average molecular weight is 535 g/mol. The molecule has 7 heteroatoms. The Bertz CT molecular complexity index is 1180. The number of phenolic OH excluding ortho intramolecular Hbond substituents is 1. The highest BCUT2D eigenvalue weighted by molar-refractivity contribution is 5.60. The molecule has 0 saturated carbocycles. The molecule has 3 aromatic rings. The molecule has 1 atom stereocenters. The Morgan fingerprint density at radius 2 is 1.64 bits per heavy atom. The Hall–Kier alpha value is -3.26. The first-order valence-electron chi connectivity index (χ1n) is 13.7. The van der Waals surface area contributed by atoms with Gasteiger partial charge in [0.1, 0.15) is 23.9 Å². The van der Waals surface area contributed by atoms with Crippen LogP contribution in [0.1, 0.15) is 34.6 Å². The van der Waals surface area contributed by atoms with Gasteiger partial charge < -0.3 is 34.2 Å². The van der Waals surface area contributed by atoms with Crippen molar-refractivity contribution in [3.8, 4) is 17.2 Å². The smallest absolute Gasteiger partial charge is 0.120 e. The molecule has 210 valence electrons. The predicted molar refractivity (Wildman–Crippen MR) is 155 cm³/mol. The van der Waals surface area contributed by atoms with E-state index in [-0.39, 0.29) is 6.61 Å². The second kappa shape index (κ2) is 14.2. The Morgan fingerprint density at radius 3 is 2.38 bits per heavy atom. The Labute approximate surface area is 232 Å². The number of aliphatic hydroxyl groups is 1. The van der Waals surface area contributed by atoms with Crippen LogP contribution in [0.4, 0.5) is 5.69 Å². The van der Waals surface area contributed by atoms with E-state index < -0.39 is 0 Å². The van der Waals surface area contributed by atoms with Crippen molar-refractivity contribution < 1.29 is 24.4 Å². The molecule has 2 N–H and O–H groups in total. The van der Waals surface area contributed by atoms with Crippen LogP contribution < -0.4 is 14.4 Å². The third-order valence-corrected chi connectivity index (χ3v) is 7.52. The molecule has 0 saturated heterocycles. The van der Waals surface area contributed by atoms with Crippen LogP contribution in [-0.4, -0.2) is 75.8 Å². The number of hydrogen-bond acceptors (Lipinski definition) is 7. The topological polar surface area (TPSA) is 74.6 Å². The van der Waals surface area contributed by atoms with E-state index in [1.807, 2.05) is 30.3 Å². The van der Waals surface area contributed by atoms with Gasteiger partial charge in [0, 0.05) is 45.0 Å². The van der Waals surface area contributed by atoms with Gasteiger partial charge in [0.2, 0.25) is 0 Å². The van der Waals surface area contributed by atoms with Gasteiger partial charge in [-0.2, -0.15) is 0 Å². The normalized spacial score (nSPS) is 14.7. The SMILES string of the molecule is COCCN(C)CCOc1ccc(CN(CCO)c2cc(OC)ccc2C2CCc3cc(O)ccc3C2)cc1. The van der Waals surface area contributed by atoms with E-state index in [9.17, 15) is 10.2 Å². The van der Waals surface area contributed by atoms with Gasteiger partial charge in [0.25, 0.3) is 0 Å². The van der Waals surface area contributed by atoms with Crippen molar-refractivity contribution in [3.63, 3.8) is 0 Å². The summed E-state index contributed by atoms with van der Waals surface area (Å²) in [5.41, 5.74) is 6.03. The number of ether oxygens (including phenoxy) is 3. The number of nitrogens with zero attached hydrogens (tertiary/aromatic N) is 2. The van der Waals surface area contributed by atoms with E-state index in [1.54, 1.807) is 20.3 Å². The van der Waals surface area contributed by atoms with Crippen LogP contribution in [0.3, 0.4) is 0 Å². The standard InChI is InChI=1S/C32H42N2O5/c1-33(15-18-37-2)16-19-39-29-10-4-24(5-11-29)23-34(14-17-35)32-22-30(38-3)12-13-31(32)27-7-6-26-21-28(36)9-8-25(26)20-27/h4-5,8-13,21-22,27,35-36H,6-7,14-20,23H2,1-3H3. The van der Waals surface area contributed by atoms with Crippen LogP contribution in [0.15, 0.2) is 60.7 Å². The zero-order chi connectivity index (χ0) is 27.6. The number of anilines is 1. The predicted octanol–water partition coefficient (Wildman–Crippen LogP) is 4.63. The molecular weight excluding hydrogens is 492 g/mol. The third kappa shape index (κ3) is 7.88. The van der Waals surface area contributed by atoms with Crippen molar-refractivity contribution in [2.24, 2.45) is 0 Å². The molecule has 3 aromatic carbocycles. The lowest BCUT2D eigenvalue weighted by Gasteiger charge is -2.32. The van der Waals surface area contributed by atoms with Crippen LogP contribution in [0, 0.1) is 0 Å². The summed E-state index contributed by atoms with van der Waals surface area (Å²) in [5, 5.41) is 19.9. The Morgan fingerprint density at radius 1 is 0.872 bits per heavy atom. The summed E-state index contributed by atoms with van der Waals surface area (Å²) in [5.74, 6) is 2.33. The van der Waals surface area contributed by atoms with Gasteiger partial charge in [0.15, 0.2) is 0 Å². The number of hydrogen-bond donors (Lipinski definition) is 2. The van der Waals surface area contributed by atoms with Crippen molar-refractivity contribution in [1.82, 2.24) is 4.90 Å². The number of rotatable bonds is 14. The summed E-state index contributed by atoms with van der Waals surface area (Å²) in [6, 6.07) is 20.2. The van der Waals surface area contributed by atoms with E-state index in [0.717, 1.165) is 55.1 Å². The fourth-order valence-corrected chi connectivity index (χ4v) is 5.27. The molecule has 0 aromatic heterocycles. The molecule has 1 aliphatic rings. The van der Waals surface area contributed by atoms with E-state index >= 15 is 0 Å². The van der Waals surface area contributed by atoms with E-state index in [0.29, 0.717) is 38.0 Å². The molecule has 0 aliphatic heterocycles. The second-order valence-electron chi connectivity index (χ2n) is 10.3. The zero-order valence-electron chi connectivity index (χ0n) is 23.4. The minimum absolute atomic E-state index is 0.0568. The summed E-state index contributed by atoms with van der Waals surface area (Å²) in [4.78, 5) is 4.43. The molecule has 7 nitrogen and oxygen atoms in total. The fourth-order valence-electron chi connectivity index (χ4n) is 5.27. The Kier molecular flexibility index (Phi) is 10.5. The fraction of sp³-hybridized carbons (Fsp3) is 0.438. The highest BCUT2D eigenvalue weighted by Crippen LogP contribution is 2.40. The quantitative estimate of drug-likeness (QED) is 0.312. The average Bonchev–Trinajstić information content (AvgIpc) is 2.96. The molecule has 1 unspecified atom stereocenters. The van der Waals surface area contributed by atoms with Crippen molar-refractivity contribution in [2.45, 2.75) is 31.7 Å². The van der Waals surface area contributed by atoms with E-state index in [1.165, 1.54) is 16.7 Å². The molecule has 0 fully saturated rings. The van der Waals surface area contributed by atoms with E-state index in [2.05, 4.69) is 41.1 Å². The largest absolute Gasteiger partial charge is 0.508 e. The maximum absolute atomic E-state index is 9.97. The van der Waals surface area contributed by atoms with Gasteiger partial charge in [-0.05, 0) is 84.8 Å². The van der Waals surface area contributed by atoms with Crippen LogP contribution in [0.5, 0.6) is 17.2 Å². The van der Waals surface area contributed by atoms with Crippen LogP contribution in [0.2, 0.25) is 0 Å². The number of aryl methyl sites for hydroxylation is 1. The number of benzene rings is 3. The van der Waals surface area contributed by atoms with Gasteiger partial charge >= 0.3 is 0 Å². The van der Waals surface area contributed by atoms with Crippen molar-refractivity contribution in [1.29, 1.82) is 0 Å². The first-order chi connectivity index (χ1) is 19.0. The summed E-state index contributed by atoms with van der Waals surface area (Å²) < 4.78 is 16.7. The van der Waals surface area contributed by atoms with Gasteiger partial charge in [-0.1, -0.05) is 24.3 Å². The maximum atomic E-state index is 9.97. The summed E-state index contributed by atoms with van der Waals surface area (Å²) >= 11 is 0. The summed E-state index contributed by atoms with van der Waals surface area (Å²) in [6.45, 7) is 4.28. The molecule has 0 amide bonds. The van der Waals surface area contributed by atoms with Gasteiger partial charge in [0.05, 0.1) is 20.3 Å². The first kappa shape index (κ1) is 28.7. The number of phenols is 1. The minimum Gasteiger partial charge on any atom is -0.508 e. The lowest BCUT2D eigenvalue weighted by molar-refractivity contribution is 0.150. The monoisotopic (exact) mass is 534 g/mol. The third-order valence-electron chi connectivity index (χ3n) is 7.52. The molecule has 4 rings (SSSR count). The maximum Gasteiger partial charge on any atom is 0.120 e. The summed E-state index contributed by atoms with van der Waals surface area (Å²) in [7, 11) is 5.46. The molecule has 0 spiro atoms. The van der Waals surface area contributed by atoms with Crippen molar-refractivity contribution in [3.05, 3.63) is 82.9 Å². The molecule has 39 heavy (non-hydrogen) atoms. The molecule has 0 radical (unpaired) electrons. The molecule has 1 aliphatic carbocycles. The van der Waals surface area contributed by atoms with Crippen molar-refractivity contribution in [2.75, 3.05) is 65.6 Å². The second-order valence-corrected chi connectivity index (χ2v) is 10.3. The van der Waals surface area contributed by atoms with Crippen LogP contribution >= 0.6 is 0 Å². The van der Waals surface area contributed by atoms with Gasteiger partial charge in [-0.25, -0.2) is 0 Å². The molecular formula is C32H42N2O5. The highest BCUT2D eigenvalue weighted by atomic mass is 16.5. The Balaban J connectivity index is 1.48. The number of aliphatic hydroxyl groups excluding tert-OH is 1. The minimum atomic E-state index is 0.0568. The molecule has 0 bridgehead atoms. The first-order valence-corrected chi connectivity index (χ1v) is 13.7. The summed E-state index contributed by atoms with van der Waals surface area (Å²) in [6.07, 6.45) is 2.87. The van der Waals surface area contributed by atoms with Gasteiger partial charge in [-0.3, -0.25) is 0 Å². The zero-order valence-corrected chi connectivity index (χ0v) is 23.4. The van der Waals surface area contributed by atoms with E-state index in [4.69, 9.17) is 14.2 Å². The van der Waals surface area contributed by atoms with Crippen LogP contribution in [-0.2, 0) is 24.1 Å². The lowest BCUT2D eigenvalue weighted by Crippen LogP contribution is -2.28. The number of methoxy groups -OCH3 is 2. The number of aromatic hydroxyl groups is 1.